The van der Waals surface area contributed by atoms with Crippen LogP contribution in [0.1, 0.15) is 24.2 Å². The van der Waals surface area contributed by atoms with Crippen LogP contribution in [0.3, 0.4) is 0 Å². The monoisotopic (exact) mass is 395 g/mol. The van der Waals surface area contributed by atoms with E-state index in [9.17, 15) is 0 Å². The molecule has 0 radical (unpaired) electrons. The van der Waals surface area contributed by atoms with Crippen LogP contribution in [-0.2, 0) is 11.2 Å². The van der Waals surface area contributed by atoms with E-state index in [-0.39, 0.29) is 0 Å². The van der Waals surface area contributed by atoms with E-state index >= 15 is 0 Å². The molecule has 0 saturated carbocycles. The Morgan fingerprint density at radius 3 is 2.55 bits per heavy atom. The molecule has 1 aromatic carbocycles. The lowest BCUT2D eigenvalue weighted by atomic mass is 9.90. The minimum atomic E-state index is 0.766. The van der Waals surface area contributed by atoms with Crippen molar-refractivity contribution >= 4 is 11.6 Å². The van der Waals surface area contributed by atoms with Gasteiger partial charge in [0.15, 0.2) is 0 Å². The highest BCUT2D eigenvalue weighted by molar-refractivity contribution is 5.49. The highest BCUT2D eigenvalue weighted by atomic mass is 16.5. The molecule has 2 aliphatic rings. The fraction of sp³-hybridized carbons (Fsp3) is 0.565. The third kappa shape index (κ3) is 5.90. The van der Waals surface area contributed by atoms with Gasteiger partial charge in [-0.25, -0.2) is 9.97 Å². The Labute approximate surface area is 174 Å². The maximum absolute atomic E-state index is 5.42. The zero-order valence-electron chi connectivity index (χ0n) is 17.5. The Hall–Kier alpha value is -2.18. The number of nitrogens with zero attached hydrogens (tertiary/aromatic N) is 4. The first kappa shape index (κ1) is 20.1. The van der Waals surface area contributed by atoms with Crippen LogP contribution in [0, 0.1) is 12.8 Å². The first-order valence-corrected chi connectivity index (χ1v) is 10.9. The van der Waals surface area contributed by atoms with Gasteiger partial charge in [-0.3, -0.25) is 4.90 Å². The number of morpholine rings is 1. The van der Waals surface area contributed by atoms with Crippen LogP contribution in [0.2, 0.25) is 0 Å². The fourth-order valence-electron chi connectivity index (χ4n) is 4.28. The summed E-state index contributed by atoms with van der Waals surface area (Å²) in [4.78, 5) is 14.2. The normalized spacial score (nSPS) is 18.7. The summed E-state index contributed by atoms with van der Waals surface area (Å²) in [5, 5.41) is 3.49. The van der Waals surface area contributed by atoms with Gasteiger partial charge in [0.1, 0.15) is 17.5 Å². The van der Waals surface area contributed by atoms with Gasteiger partial charge >= 0.3 is 0 Å². The summed E-state index contributed by atoms with van der Waals surface area (Å²) in [6.07, 6.45) is 3.63. The molecule has 6 nitrogen and oxygen atoms in total. The maximum Gasteiger partial charge on any atom is 0.134 e. The molecule has 3 heterocycles. The highest BCUT2D eigenvalue weighted by Crippen LogP contribution is 2.26. The minimum absolute atomic E-state index is 0.766. The lowest BCUT2D eigenvalue weighted by Gasteiger charge is -2.33. The molecule has 4 rings (SSSR count). The van der Waals surface area contributed by atoms with Gasteiger partial charge in [-0.1, -0.05) is 30.3 Å². The number of aryl methyl sites for hydroxylation is 1. The van der Waals surface area contributed by atoms with Crippen LogP contribution in [0.5, 0.6) is 0 Å². The number of aromatic nitrogens is 2. The fourth-order valence-corrected chi connectivity index (χ4v) is 4.28. The van der Waals surface area contributed by atoms with Crippen LogP contribution >= 0.6 is 0 Å². The molecule has 2 fully saturated rings. The molecular formula is C23H33N5O. The Bertz CT molecular complexity index is 755. The van der Waals surface area contributed by atoms with E-state index in [1.165, 1.54) is 24.8 Å². The summed E-state index contributed by atoms with van der Waals surface area (Å²) in [5.41, 5.74) is 1.45. The number of rotatable bonds is 7. The summed E-state index contributed by atoms with van der Waals surface area (Å²) < 4.78 is 5.42. The molecule has 1 N–H and O–H groups in total. The molecule has 156 valence electrons. The molecule has 1 aromatic heterocycles. The van der Waals surface area contributed by atoms with Crippen LogP contribution in [-0.4, -0.2) is 67.4 Å². The van der Waals surface area contributed by atoms with Crippen LogP contribution < -0.4 is 10.2 Å². The topological polar surface area (TPSA) is 53.5 Å². The first-order valence-electron chi connectivity index (χ1n) is 10.9. The SMILES string of the molecule is Cc1nc(NCCN2CCOCC2)cc(N2CCC(Cc3ccccc3)CC2)n1. The number of piperidine rings is 1. The number of benzene rings is 1. The molecule has 0 amide bonds. The lowest BCUT2D eigenvalue weighted by molar-refractivity contribution is 0.0398. The van der Waals surface area contributed by atoms with Crippen LogP contribution in [0.15, 0.2) is 36.4 Å². The predicted octanol–water partition coefficient (Wildman–Crippen LogP) is 2.99. The highest BCUT2D eigenvalue weighted by Gasteiger charge is 2.21. The Morgan fingerprint density at radius 2 is 1.79 bits per heavy atom. The minimum Gasteiger partial charge on any atom is -0.379 e. The summed E-state index contributed by atoms with van der Waals surface area (Å²) in [6, 6.07) is 13.0. The second-order valence-electron chi connectivity index (χ2n) is 8.16. The zero-order chi connectivity index (χ0) is 19.9. The zero-order valence-corrected chi connectivity index (χ0v) is 17.5. The standard InChI is InChI=1S/C23H33N5O/c1-19-25-22(24-9-12-27-13-15-29-16-14-27)18-23(26-19)28-10-7-21(8-11-28)17-20-5-3-2-4-6-20/h2-6,18,21H,7-17H2,1H3,(H,24,25,26). The van der Waals surface area contributed by atoms with Gasteiger partial charge in [0, 0.05) is 45.3 Å². The van der Waals surface area contributed by atoms with Crippen LogP contribution in [0.4, 0.5) is 11.6 Å². The van der Waals surface area contributed by atoms with Gasteiger partial charge in [-0.15, -0.1) is 0 Å². The van der Waals surface area contributed by atoms with Gasteiger partial charge < -0.3 is 15.0 Å². The summed E-state index contributed by atoms with van der Waals surface area (Å²) in [5.74, 6) is 3.60. The average molecular weight is 396 g/mol. The van der Waals surface area contributed by atoms with Crippen molar-refractivity contribution in [1.82, 2.24) is 14.9 Å². The molecule has 0 bridgehead atoms. The molecule has 0 atom stereocenters. The third-order valence-electron chi connectivity index (χ3n) is 5.97. The second-order valence-corrected chi connectivity index (χ2v) is 8.16. The number of anilines is 2. The van der Waals surface area contributed by atoms with Crippen molar-refractivity contribution in [2.45, 2.75) is 26.2 Å². The number of nitrogens with one attached hydrogen (secondary N) is 1. The summed E-state index contributed by atoms with van der Waals surface area (Å²) >= 11 is 0. The van der Waals surface area contributed by atoms with Crippen molar-refractivity contribution in [3.63, 3.8) is 0 Å². The van der Waals surface area contributed by atoms with Crippen molar-refractivity contribution in [3.05, 3.63) is 47.8 Å². The molecule has 0 spiro atoms. The molecule has 6 heteroatoms. The molecule has 29 heavy (non-hydrogen) atoms. The summed E-state index contributed by atoms with van der Waals surface area (Å²) in [6.45, 7) is 9.78. The van der Waals surface area contributed by atoms with E-state index in [1.807, 2.05) is 6.92 Å². The van der Waals surface area contributed by atoms with Gasteiger partial charge in [0.2, 0.25) is 0 Å². The van der Waals surface area contributed by atoms with Gasteiger partial charge in [0.25, 0.3) is 0 Å². The molecule has 0 aliphatic carbocycles. The number of ether oxygens (including phenoxy) is 1. The van der Waals surface area contributed by atoms with E-state index in [4.69, 9.17) is 9.72 Å². The molecular weight excluding hydrogens is 362 g/mol. The van der Waals surface area contributed by atoms with E-state index in [2.05, 4.69) is 56.5 Å². The van der Waals surface area contributed by atoms with Crippen LogP contribution in [0.25, 0.3) is 0 Å². The van der Waals surface area contributed by atoms with Crippen molar-refractivity contribution in [2.75, 3.05) is 62.7 Å². The number of hydrogen-bond acceptors (Lipinski definition) is 6. The maximum atomic E-state index is 5.42. The van der Waals surface area contributed by atoms with Crippen molar-refractivity contribution in [1.29, 1.82) is 0 Å². The Kier molecular flexibility index (Phi) is 6.96. The van der Waals surface area contributed by atoms with Gasteiger partial charge in [-0.2, -0.15) is 0 Å². The van der Waals surface area contributed by atoms with Crippen molar-refractivity contribution in [2.24, 2.45) is 5.92 Å². The van der Waals surface area contributed by atoms with Crippen molar-refractivity contribution < 1.29 is 4.74 Å². The van der Waals surface area contributed by atoms with E-state index in [0.29, 0.717) is 0 Å². The van der Waals surface area contributed by atoms with E-state index in [1.54, 1.807) is 0 Å². The second kappa shape index (κ2) is 10.0. The van der Waals surface area contributed by atoms with E-state index < -0.39 is 0 Å². The summed E-state index contributed by atoms with van der Waals surface area (Å²) in [7, 11) is 0. The first-order chi connectivity index (χ1) is 14.3. The third-order valence-corrected chi connectivity index (χ3v) is 5.97. The molecule has 2 aromatic rings. The quantitative estimate of drug-likeness (QED) is 0.778. The predicted molar refractivity (Wildman–Crippen MR) is 118 cm³/mol. The van der Waals surface area contributed by atoms with Gasteiger partial charge in [0.05, 0.1) is 13.2 Å². The van der Waals surface area contributed by atoms with Crippen molar-refractivity contribution in [3.8, 4) is 0 Å². The molecule has 2 aliphatic heterocycles. The van der Waals surface area contributed by atoms with E-state index in [0.717, 1.165) is 75.9 Å². The smallest absolute Gasteiger partial charge is 0.134 e. The lowest BCUT2D eigenvalue weighted by Crippen LogP contribution is -2.39. The molecule has 2 saturated heterocycles. The average Bonchev–Trinajstić information content (AvgIpc) is 2.75. The largest absolute Gasteiger partial charge is 0.379 e. The number of hydrogen-bond donors (Lipinski definition) is 1. The van der Waals surface area contributed by atoms with Gasteiger partial charge in [-0.05, 0) is 37.7 Å². The molecule has 0 unspecified atom stereocenters. The Morgan fingerprint density at radius 1 is 1.03 bits per heavy atom. The Balaban J connectivity index is 1.28.